The SMILES string of the molecule is CCCNCCOC(=O)Nc1cccc(Cl)c1. The molecule has 0 aromatic heterocycles. The van der Waals surface area contributed by atoms with E-state index in [9.17, 15) is 4.79 Å². The summed E-state index contributed by atoms with van der Waals surface area (Å²) >= 11 is 5.79. The highest BCUT2D eigenvalue weighted by Crippen LogP contribution is 2.14. The zero-order chi connectivity index (χ0) is 12.5. The van der Waals surface area contributed by atoms with Gasteiger partial charge in [0, 0.05) is 17.3 Å². The molecule has 0 saturated heterocycles. The lowest BCUT2D eigenvalue weighted by Gasteiger charge is -2.07. The van der Waals surface area contributed by atoms with Crippen molar-refractivity contribution in [3.05, 3.63) is 29.3 Å². The minimum atomic E-state index is -0.467. The van der Waals surface area contributed by atoms with Crippen LogP contribution < -0.4 is 10.6 Å². The highest BCUT2D eigenvalue weighted by Gasteiger charge is 2.02. The first kappa shape index (κ1) is 13.8. The molecule has 1 aromatic carbocycles. The molecule has 0 unspecified atom stereocenters. The molecule has 0 saturated carbocycles. The number of anilines is 1. The smallest absolute Gasteiger partial charge is 0.411 e. The Morgan fingerprint density at radius 1 is 1.41 bits per heavy atom. The Hall–Kier alpha value is -1.26. The van der Waals surface area contributed by atoms with E-state index in [1.807, 2.05) is 0 Å². The minimum Gasteiger partial charge on any atom is -0.448 e. The van der Waals surface area contributed by atoms with Crippen molar-refractivity contribution in [1.29, 1.82) is 0 Å². The van der Waals surface area contributed by atoms with E-state index in [1.165, 1.54) is 0 Å². The van der Waals surface area contributed by atoms with Crippen LogP contribution in [0.15, 0.2) is 24.3 Å². The molecule has 0 spiro atoms. The summed E-state index contributed by atoms with van der Waals surface area (Å²) in [6.07, 6.45) is 0.597. The van der Waals surface area contributed by atoms with Gasteiger partial charge in [0.1, 0.15) is 6.61 Å². The van der Waals surface area contributed by atoms with Crippen LogP contribution in [0.1, 0.15) is 13.3 Å². The summed E-state index contributed by atoms with van der Waals surface area (Å²) < 4.78 is 4.98. The van der Waals surface area contributed by atoms with Crippen molar-refractivity contribution >= 4 is 23.4 Å². The van der Waals surface area contributed by atoms with Gasteiger partial charge in [0.25, 0.3) is 0 Å². The van der Waals surface area contributed by atoms with Crippen molar-refractivity contribution < 1.29 is 9.53 Å². The summed E-state index contributed by atoms with van der Waals surface area (Å²) in [5.74, 6) is 0. The summed E-state index contributed by atoms with van der Waals surface area (Å²) in [5.41, 5.74) is 0.629. The molecule has 0 atom stereocenters. The number of nitrogens with one attached hydrogen (secondary N) is 2. The second kappa shape index (κ2) is 7.92. The molecule has 0 bridgehead atoms. The van der Waals surface area contributed by atoms with Gasteiger partial charge in [-0.3, -0.25) is 5.32 Å². The summed E-state index contributed by atoms with van der Waals surface area (Å²) in [4.78, 5) is 11.4. The van der Waals surface area contributed by atoms with Crippen LogP contribution in [0.4, 0.5) is 10.5 Å². The second-order valence-corrected chi connectivity index (χ2v) is 3.96. The number of hydrogen-bond acceptors (Lipinski definition) is 3. The molecule has 2 N–H and O–H groups in total. The normalized spacial score (nSPS) is 10.0. The lowest BCUT2D eigenvalue weighted by molar-refractivity contribution is 0.162. The number of carbonyl (C=O) groups excluding carboxylic acids is 1. The third-order valence-corrected chi connectivity index (χ3v) is 2.24. The van der Waals surface area contributed by atoms with E-state index in [0.717, 1.165) is 13.0 Å². The molecule has 0 radical (unpaired) electrons. The Kier molecular flexibility index (Phi) is 6.43. The number of amides is 1. The Morgan fingerprint density at radius 3 is 2.94 bits per heavy atom. The topological polar surface area (TPSA) is 50.4 Å². The number of rotatable bonds is 6. The monoisotopic (exact) mass is 256 g/mol. The lowest BCUT2D eigenvalue weighted by atomic mass is 10.3. The fraction of sp³-hybridized carbons (Fsp3) is 0.417. The average molecular weight is 257 g/mol. The van der Waals surface area contributed by atoms with Gasteiger partial charge in [-0.05, 0) is 31.2 Å². The zero-order valence-corrected chi connectivity index (χ0v) is 10.6. The predicted octanol–water partition coefficient (Wildman–Crippen LogP) is 2.89. The van der Waals surface area contributed by atoms with Gasteiger partial charge in [0.15, 0.2) is 0 Å². The van der Waals surface area contributed by atoms with E-state index < -0.39 is 6.09 Å². The fourth-order valence-electron chi connectivity index (χ4n) is 1.24. The third-order valence-electron chi connectivity index (χ3n) is 2.01. The zero-order valence-electron chi connectivity index (χ0n) is 9.83. The predicted molar refractivity (Wildman–Crippen MR) is 69.6 cm³/mol. The molecular formula is C12H17ClN2O2. The van der Waals surface area contributed by atoms with Crippen molar-refractivity contribution in [3.8, 4) is 0 Å². The number of hydrogen-bond donors (Lipinski definition) is 2. The van der Waals surface area contributed by atoms with Gasteiger partial charge < -0.3 is 10.1 Å². The molecule has 94 valence electrons. The maximum Gasteiger partial charge on any atom is 0.411 e. The first-order chi connectivity index (χ1) is 8.22. The lowest BCUT2D eigenvalue weighted by Crippen LogP contribution is -2.23. The van der Waals surface area contributed by atoms with Crippen molar-refractivity contribution in [2.24, 2.45) is 0 Å². The molecule has 1 rings (SSSR count). The van der Waals surface area contributed by atoms with Crippen LogP contribution >= 0.6 is 11.6 Å². The van der Waals surface area contributed by atoms with Crippen molar-refractivity contribution in [1.82, 2.24) is 5.32 Å². The molecule has 1 amide bonds. The molecule has 4 nitrogen and oxygen atoms in total. The molecule has 17 heavy (non-hydrogen) atoms. The highest BCUT2D eigenvalue weighted by molar-refractivity contribution is 6.30. The molecular weight excluding hydrogens is 240 g/mol. The van der Waals surface area contributed by atoms with Gasteiger partial charge in [0.2, 0.25) is 0 Å². The van der Waals surface area contributed by atoms with Gasteiger partial charge in [-0.2, -0.15) is 0 Å². The number of carbonyl (C=O) groups is 1. The minimum absolute atomic E-state index is 0.354. The molecule has 0 aliphatic heterocycles. The van der Waals surface area contributed by atoms with Crippen LogP contribution in [-0.4, -0.2) is 25.8 Å². The van der Waals surface area contributed by atoms with Gasteiger partial charge in [-0.25, -0.2) is 4.79 Å². The fourth-order valence-corrected chi connectivity index (χ4v) is 1.43. The maximum atomic E-state index is 11.4. The first-order valence-corrected chi connectivity index (χ1v) is 6.00. The second-order valence-electron chi connectivity index (χ2n) is 3.52. The average Bonchev–Trinajstić information content (AvgIpc) is 2.29. The Labute approximate surface area is 106 Å². The van der Waals surface area contributed by atoms with Crippen LogP contribution in [0.5, 0.6) is 0 Å². The number of benzene rings is 1. The van der Waals surface area contributed by atoms with Crippen molar-refractivity contribution in [2.45, 2.75) is 13.3 Å². The van der Waals surface area contributed by atoms with Gasteiger partial charge in [-0.1, -0.05) is 24.6 Å². The van der Waals surface area contributed by atoms with E-state index in [2.05, 4.69) is 17.6 Å². The Morgan fingerprint density at radius 2 is 2.24 bits per heavy atom. The van der Waals surface area contributed by atoms with E-state index in [0.29, 0.717) is 23.9 Å². The molecule has 0 fully saturated rings. The molecule has 0 aliphatic carbocycles. The van der Waals surface area contributed by atoms with Crippen molar-refractivity contribution in [3.63, 3.8) is 0 Å². The van der Waals surface area contributed by atoms with E-state index in [-0.39, 0.29) is 0 Å². The molecule has 0 aliphatic rings. The van der Waals surface area contributed by atoms with Crippen LogP contribution in [-0.2, 0) is 4.74 Å². The van der Waals surface area contributed by atoms with Crippen LogP contribution in [0.25, 0.3) is 0 Å². The largest absolute Gasteiger partial charge is 0.448 e. The van der Waals surface area contributed by atoms with E-state index in [4.69, 9.17) is 16.3 Å². The summed E-state index contributed by atoms with van der Waals surface area (Å²) in [7, 11) is 0. The van der Waals surface area contributed by atoms with Gasteiger partial charge >= 0.3 is 6.09 Å². The van der Waals surface area contributed by atoms with Gasteiger partial charge in [-0.15, -0.1) is 0 Å². The summed E-state index contributed by atoms with van der Waals surface area (Å²) in [5, 5.41) is 6.31. The Bertz CT molecular complexity index is 358. The first-order valence-electron chi connectivity index (χ1n) is 5.62. The number of ether oxygens (including phenoxy) is 1. The summed E-state index contributed by atoms with van der Waals surface area (Å²) in [6.45, 7) is 4.03. The van der Waals surface area contributed by atoms with E-state index in [1.54, 1.807) is 24.3 Å². The molecule has 0 heterocycles. The molecule has 1 aromatic rings. The van der Waals surface area contributed by atoms with Crippen LogP contribution in [0.3, 0.4) is 0 Å². The van der Waals surface area contributed by atoms with Crippen LogP contribution in [0, 0.1) is 0 Å². The molecule has 5 heteroatoms. The maximum absolute atomic E-state index is 11.4. The van der Waals surface area contributed by atoms with Crippen molar-refractivity contribution in [2.75, 3.05) is 25.0 Å². The number of halogens is 1. The summed E-state index contributed by atoms with van der Waals surface area (Å²) in [6, 6.07) is 6.92. The standard InChI is InChI=1S/C12H17ClN2O2/c1-2-6-14-7-8-17-12(16)15-11-5-3-4-10(13)9-11/h3-5,9,14H,2,6-8H2,1H3,(H,15,16). The van der Waals surface area contributed by atoms with Crippen LogP contribution in [0.2, 0.25) is 5.02 Å². The third kappa shape index (κ3) is 6.14. The Balaban J connectivity index is 2.21. The highest BCUT2D eigenvalue weighted by atomic mass is 35.5. The quantitative estimate of drug-likeness (QED) is 0.770. The van der Waals surface area contributed by atoms with Gasteiger partial charge in [0.05, 0.1) is 0 Å². The van der Waals surface area contributed by atoms with E-state index >= 15 is 0 Å².